The number of hydrogen-bond donors (Lipinski definition) is 2. The average molecular weight is 971 g/mol. The number of rotatable bonds is 16. The number of hydrogen-bond acceptors (Lipinski definition) is 10. The maximum atomic E-state index is 14.2. The van der Waals surface area contributed by atoms with Crippen molar-refractivity contribution in [3.63, 3.8) is 0 Å². The number of anilines is 2. The van der Waals surface area contributed by atoms with Gasteiger partial charge in [0.25, 0.3) is 25.8 Å². The van der Waals surface area contributed by atoms with Crippen LogP contribution >= 0.6 is 23.4 Å². The fourth-order valence-electron chi connectivity index (χ4n) is 9.77. The van der Waals surface area contributed by atoms with Crippen molar-refractivity contribution >= 4 is 66.1 Å². The van der Waals surface area contributed by atoms with Gasteiger partial charge in [0.15, 0.2) is 0 Å². The molecule has 3 aliphatic heterocycles. The molecule has 3 heterocycles. The molecule has 4 aromatic carbocycles. The number of sulfone groups is 1. The number of amides is 1. The lowest BCUT2D eigenvalue weighted by Gasteiger charge is -2.37. The Labute approximate surface area is 389 Å². The molecule has 3 saturated heterocycles. The lowest BCUT2D eigenvalue weighted by molar-refractivity contribution is -0.0435. The van der Waals surface area contributed by atoms with Gasteiger partial charge in [-0.2, -0.15) is 13.2 Å². The van der Waals surface area contributed by atoms with E-state index in [2.05, 4.69) is 32.1 Å². The fraction of sp³-hybridized carbons (Fsp3) is 0.438. The molecule has 4 aromatic rings. The minimum absolute atomic E-state index is 0.0117. The van der Waals surface area contributed by atoms with Crippen LogP contribution in [0, 0.1) is 0 Å². The van der Waals surface area contributed by atoms with Crippen LogP contribution in [0.5, 0.6) is 0 Å². The highest BCUT2D eigenvalue weighted by molar-refractivity contribution is 7.99. The van der Waals surface area contributed by atoms with Crippen LogP contribution in [0.3, 0.4) is 0 Å². The molecule has 1 atom stereocenters. The Kier molecular flexibility index (Phi) is 14.9. The van der Waals surface area contributed by atoms with Crippen LogP contribution in [0.15, 0.2) is 117 Å². The van der Waals surface area contributed by atoms with Crippen LogP contribution in [0.25, 0.3) is 5.57 Å². The highest BCUT2D eigenvalue weighted by Gasteiger charge is 2.48. The summed E-state index contributed by atoms with van der Waals surface area (Å²) in [6, 6.07) is 27.1. The zero-order valence-corrected chi connectivity index (χ0v) is 39.3. The average Bonchev–Trinajstić information content (AvgIpc) is 3.79. The Balaban J connectivity index is 0.932. The van der Waals surface area contributed by atoms with Crippen LogP contribution in [0.4, 0.5) is 24.5 Å². The summed E-state index contributed by atoms with van der Waals surface area (Å²) in [4.78, 5) is 19.4. The SMILES string of the molecule is O=C(NS(=O)(=O)c1ccc(N[C@H](CCN2C3CCC2CC3)CSc2ccccc2)c(S(=O)(=O)C(F)(F)F)c1)c1ccc(N2CCN(CC3=C(c4ccc(Cl)cc4)CCCCC3)CC2)cc1. The van der Waals surface area contributed by atoms with Crippen molar-refractivity contribution in [2.45, 2.75) is 103 Å². The molecule has 2 bridgehead atoms. The van der Waals surface area contributed by atoms with E-state index in [0.29, 0.717) is 36.9 Å². The van der Waals surface area contributed by atoms with Crippen LogP contribution in [-0.4, -0.2) is 101 Å². The smallest absolute Gasteiger partial charge is 0.380 e. The number of allylic oxidation sites excluding steroid dienone is 1. The quantitative estimate of drug-likeness (QED) is 0.105. The van der Waals surface area contributed by atoms with Gasteiger partial charge >= 0.3 is 5.51 Å². The lowest BCUT2D eigenvalue weighted by atomic mass is 9.95. The van der Waals surface area contributed by atoms with Gasteiger partial charge < -0.3 is 10.2 Å². The molecule has 1 aliphatic carbocycles. The van der Waals surface area contributed by atoms with Crippen molar-refractivity contribution in [3.8, 4) is 0 Å². The zero-order valence-electron chi connectivity index (χ0n) is 36.1. The van der Waals surface area contributed by atoms with Gasteiger partial charge in [-0.3, -0.25) is 14.6 Å². The molecular weight excluding hydrogens is 915 g/mol. The summed E-state index contributed by atoms with van der Waals surface area (Å²) in [5, 5.41) is 3.78. The third kappa shape index (κ3) is 11.4. The summed E-state index contributed by atoms with van der Waals surface area (Å²) in [5.41, 5.74) is -1.08. The van der Waals surface area contributed by atoms with E-state index in [1.165, 1.54) is 59.9 Å². The topological polar surface area (TPSA) is 119 Å². The molecule has 0 saturated carbocycles. The Hall–Kier alpha value is -4.06. The summed E-state index contributed by atoms with van der Waals surface area (Å²) in [7, 11) is -10.9. The second kappa shape index (κ2) is 20.4. The standard InChI is InChI=1S/C48H55ClF3N5O5S3/c49-37-15-11-34(12-16-37)44-10-6-1-3-7-36(44)32-55-27-29-56(30-28-55)39-17-13-35(14-18-39)47(58)54-65(61,62)43-23-24-45(46(31-43)64(59,60)48(50,51)52)53-38(33-63-42-8-4-2-5-9-42)25-26-57-40-19-20-41(57)22-21-40/h2,4-5,8-9,11-18,23-24,31,38,40-41,53H,1,3,6-7,10,19-22,25-30,32-33H2,(H,54,58)/t38-,40?,41?/m1/s1. The molecule has 1 amide bonds. The van der Waals surface area contributed by atoms with E-state index in [1.807, 2.05) is 47.2 Å². The molecule has 10 nitrogen and oxygen atoms in total. The summed E-state index contributed by atoms with van der Waals surface area (Å²) in [6.45, 7) is 4.77. The molecule has 0 unspecified atom stereocenters. The maximum absolute atomic E-state index is 14.2. The number of carbonyl (C=O) groups is 1. The van der Waals surface area contributed by atoms with Crippen LogP contribution < -0.4 is 14.9 Å². The van der Waals surface area contributed by atoms with Crippen LogP contribution in [0.1, 0.15) is 80.1 Å². The van der Waals surface area contributed by atoms with E-state index < -0.39 is 47.1 Å². The molecule has 3 fully saturated rings. The number of halogens is 4. The number of carbonyl (C=O) groups excluding carboxylic acids is 1. The predicted molar refractivity (Wildman–Crippen MR) is 253 cm³/mol. The normalized spacial score (nSPS) is 20.5. The van der Waals surface area contributed by atoms with Crippen molar-refractivity contribution < 1.29 is 34.8 Å². The lowest BCUT2D eigenvalue weighted by Crippen LogP contribution is -2.47. The fourth-order valence-corrected chi connectivity index (χ4v) is 12.9. The monoisotopic (exact) mass is 969 g/mol. The molecule has 0 radical (unpaired) electrons. The van der Waals surface area contributed by atoms with Crippen molar-refractivity contribution in [1.82, 2.24) is 14.5 Å². The van der Waals surface area contributed by atoms with E-state index in [4.69, 9.17) is 11.6 Å². The second-order valence-electron chi connectivity index (χ2n) is 17.5. The number of thioether (sulfide) groups is 1. The Morgan fingerprint density at radius 3 is 2.12 bits per heavy atom. The summed E-state index contributed by atoms with van der Waals surface area (Å²) >= 11 is 7.67. The van der Waals surface area contributed by atoms with Crippen LogP contribution in [0.2, 0.25) is 5.02 Å². The minimum atomic E-state index is -6.04. The minimum Gasteiger partial charge on any atom is -0.380 e. The van der Waals surface area contributed by atoms with Gasteiger partial charge in [0.2, 0.25) is 0 Å². The first-order valence-corrected chi connectivity index (χ1v) is 26.7. The highest BCUT2D eigenvalue weighted by atomic mass is 35.5. The van der Waals surface area contributed by atoms with E-state index in [1.54, 1.807) is 12.1 Å². The first kappa shape index (κ1) is 47.4. The molecule has 0 spiro atoms. The van der Waals surface area contributed by atoms with Crippen LogP contribution in [-0.2, 0) is 19.9 Å². The molecule has 4 aliphatic rings. The first-order chi connectivity index (χ1) is 31.1. The van der Waals surface area contributed by atoms with Gasteiger partial charge in [-0.25, -0.2) is 21.6 Å². The molecule has 65 heavy (non-hydrogen) atoms. The Bertz CT molecular complexity index is 2540. The summed E-state index contributed by atoms with van der Waals surface area (Å²) in [6.07, 6.45) is 10.6. The second-order valence-corrected chi connectivity index (χ2v) is 22.6. The summed E-state index contributed by atoms with van der Waals surface area (Å²) in [5.74, 6) is -0.597. The molecule has 2 N–H and O–H groups in total. The number of alkyl halides is 3. The van der Waals surface area contributed by atoms with Gasteiger partial charge in [0.1, 0.15) is 4.90 Å². The Morgan fingerprint density at radius 1 is 0.800 bits per heavy atom. The number of nitrogens with one attached hydrogen (secondary N) is 2. The number of nitrogens with zero attached hydrogens (tertiary/aromatic N) is 3. The van der Waals surface area contributed by atoms with Gasteiger partial charge in [-0.1, -0.05) is 53.9 Å². The van der Waals surface area contributed by atoms with E-state index in [0.717, 1.165) is 99.0 Å². The zero-order chi connectivity index (χ0) is 45.8. The van der Waals surface area contributed by atoms with Crippen molar-refractivity contribution in [2.24, 2.45) is 0 Å². The molecule has 17 heteroatoms. The van der Waals surface area contributed by atoms with E-state index >= 15 is 0 Å². The van der Waals surface area contributed by atoms with E-state index in [-0.39, 0.29) is 11.3 Å². The van der Waals surface area contributed by atoms with Crippen molar-refractivity contribution in [3.05, 3.63) is 119 Å². The third-order valence-electron chi connectivity index (χ3n) is 13.3. The Morgan fingerprint density at radius 2 is 1.46 bits per heavy atom. The van der Waals surface area contributed by atoms with Gasteiger partial charge in [0.05, 0.1) is 10.6 Å². The molecule has 8 rings (SSSR count). The first-order valence-electron chi connectivity index (χ1n) is 22.4. The number of piperazine rings is 1. The van der Waals surface area contributed by atoms with E-state index in [9.17, 15) is 34.8 Å². The number of benzene rings is 4. The third-order valence-corrected chi connectivity index (χ3v) is 17.6. The molecular formula is C48H55ClF3N5O5S3. The maximum Gasteiger partial charge on any atom is 0.501 e. The van der Waals surface area contributed by atoms with Crippen molar-refractivity contribution in [1.29, 1.82) is 0 Å². The van der Waals surface area contributed by atoms with Crippen molar-refractivity contribution in [2.75, 3.05) is 55.2 Å². The molecule has 0 aromatic heterocycles. The van der Waals surface area contributed by atoms with Gasteiger partial charge in [-0.15, -0.1) is 11.8 Å². The van der Waals surface area contributed by atoms with Gasteiger partial charge in [-0.05, 0) is 136 Å². The largest absolute Gasteiger partial charge is 0.501 e. The number of fused-ring (bicyclic) bond motifs is 2. The summed E-state index contributed by atoms with van der Waals surface area (Å²) < 4.78 is 98.1. The molecule has 348 valence electrons. The number of sulfonamides is 1. The predicted octanol–water partition coefficient (Wildman–Crippen LogP) is 9.88. The highest BCUT2D eigenvalue weighted by Crippen LogP contribution is 2.39. The van der Waals surface area contributed by atoms with Gasteiger partial charge in [0, 0.05) is 84.3 Å².